The van der Waals surface area contributed by atoms with Crippen LogP contribution in [0.25, 0.3) is 0 Å². The van der Waals surface area contributed by atoms with Crippen molar-refractivity contribution in [2.24, 2.45) is 11.3 Å². The van der Waals surface area contributed by atoms with Crippen LogP contribution in [0.1, 0.15) is 76.0 Å². The van der Waals surface area contributed by atoms with E-state index in [4.69, 9.17) is 5.73 Å². The first-order valence-electron chi connectivity index (χ1n) is 11.2. The van der Waals surface area contributed by atoms with Crippen LogP contribution in [-0.2, 0) is 11.8 Å². The lowest BCUT2D eigenvalue weighted by Gasteiger charge is -2.55. The molecule has 0 aliphatic heterocycles. The van der Waals surface area contributed by atoms with E-state index in [0.717, 1.165) is 22.4 Å². The Morgan fingerprint density at radius 1 is 1.14 bits per heavy atom. The van der Waals surface area contributed by atoms with E-state index >= 15 is 0 Å². The minimum Gasteiger partial charge on any atom is -0.397 e. The topological polar surface area (TPSA) is 38.0 Å². The molecule has 3 heteroatoms. The second-order valence-electron chi connectivity index (χ2n) is 10.2. The quantitative estimate of drug-likeness (QED) is 0.476. The Kier molecular flexibility index (Phi) is 5.48. The SMILES string of the molecule is CC(C)c1ccc2c(c1)CC[C@H]1[C@@](C)(CNc3ccc(Br)cc3N)CCC[C@]21C. The van der Waals surface area contributed by atoms with Gasteiger partial charge in [0.25, 0.3) is 0 Å². The smallest absolute Gasteiger partial charge is 0.0574 e. The van der Waals surface area contributed by atoms with Gasteiger partial charge in [0.2, 0.25) is 0 Å². The van der Waals surface area contributed by atoms with E-state index in [1.165, 1.54) is 37.7 Å². The molecule has 29 heavy (non-hydrogen) atoms. The van der Waals surface area contributed by atoms with Gasteiger partial charge in [0.05, 0.1) is 11.4 Å². The van der Waals surface area contributed by atoms with Crippen LogP contribution in [0.3, 0.4) is 0 Å². The van der Waals surface area contributed by atoms with Gasteiger partial charge in [0.1, 0.15) is 0 Å². The van der Waals surface area contributed by atoms with Crippen molar-refractivity contribution in [3.05, 3.63) is 57.6 Å². The van der Waals surface area contributed by atoms with E-state index in [0.29, 0.717) is 11.8 Å². The van der Waals surface area contributed by atoms with Gasteiger partial charge in [0, 0.05) is 11.0 Å². The number of benzene rings is 2. The second kappa shape index (κ2) is 7.65. The van der Waals surface area contributed by atoms with Crippen LogP contribution < -0.4 is 11.1 Å². The van der Waals surface area contributed by atoms with Gasteiger partial charge in [0.15, 0.2) is 0 Å². The molecule has 2 aliphatic carbocycles. The molecule has 3 atom stereocenters. The van der Waals surface area contributed by atoms with Crippen LogP contribution in [-0.4, -0.2) is 6.54 Å². The maximum absolute atomic E-state index is 6.25. The molecule has 0 unspecified atom stereocenters. The zero-order valence-corrected chi connectivity index (χ0v) is 19.9. The van der Waals surface area contributed by atoms with Crippen molar-refractivity contribution in [1.29, 1.82) is 0 Å². The van der Waals surface area contributed by atoms with Crippen LogP contribution in [0.2, 0.25) is 0 Å². The normalized spacial score (nSPS) is 28.7. The summed E-state index contributed by atoms with van der Waals surface area (Å²) < 4.78 is 1.03. The predicted molar refractivity (Wildman–Crippen MR) is 129 cm³/mol. The first-order chi connectivity index (χ1) is 13.7. The molecule has 0 amide bonds. The summed E-state index contributed by atoms with van der Waals surface area (Å²) in [6, 6.07) is 13.5. The summed E-state index contributed by atoms with van der Waals surface area (Å²) in [6.07, 6.45) is 6.40. The first kappa shape index (κ1) is 20.8. The molecule has 156 valence electrons. The first-order valence-corrected chi connectivity index (χ1v) is 11.9. The number of hydrogen-bond donors (Lipinski definition) is 2. The van der Waals surface area contributed by atoms with Crippen molar-refractivity contribution < 1.29 is 0 Å². The molecule has 0 saturated heterocycles. The zero-order chi connectivity index (χ0) is 20.8. The highest BCUT2D eigenvalue weighted by Gasteiger charge is 2.51. The molecule has 4 rings (SSSR count). The average Bonchev–Trinajstić information content (AvgIpc) is 2.67. The number of halogens is 1. The number of fused-ring (bicyclic) bond motifs is 3. The Bertz CT molecular complexity index is 906. The highest BCUT2D eigenvalue weighted by Crippen LogP contribution is 2.57. The summed E-state index contributed by atoms with van der Waals surface area (Å²) in [5, 5.41) is 3.70. The van der Waals surface area contributed by atoms with Gasteiger partial charge in [-0.3, -0.25) is 0 Å². The van der Waals surface area contributed by atoms with Gasteiger partial charge in [-0.15, -0.1) is 0 Å². The number of hydrogen-bond acceptors (Lipinski definition) is 2. The van der Waals surface area contributed by atoms with E-state index < -0.39 is 0 Å². The number of nitrogens with one attached hydrogen (secondary N) is 1. The maximum atomic E-state index is 6.25. The van der Waals surface area contributed by atoms with Gasteiger partial charge in [-0.1, -0.05) is 68.2 Å². The second-order valence-corrected chi connectivity index (χ2v) is 11.1. The van der Waals surface area contributed by atoms with E-state index in [2.05, 4.69) is 79.3 Å². The number of nitrogen functional groups attached to an aromatic ring is 1. The molecule has 0 bridgehead atoms. The van der Waals surface area contributed by atoms with Crippen molar-refractivity contribution in [2.75, 3.05) is 17.6 Å². The molecular formula is C26H35BrN2. The lowest BCUT2D eigenvalue weighted by atomic mass is 9.49. The molecule has 2 nitrogen and oxygen atoms in total. The molecule has 3 N–H and O–H groups in total. The highest BCUT2D eigenvalue weighted by atomic mass is 79.9. The van der Waals surface area contributed by atoms with Gasteiger partial charge in [-0.25, -0.2) is 0 Å². The van der Waals surface area contributed by atoms with Gasteiger partial charge >= 0.3 is 0 Å². The third-order valence-corrected chi connectivity index (χ3v) is 8.36. The van der Waals surface area contributed by atoms with Crippen molar-refractivity contribution in [1.82, 2.24) is 0 Å². The fourth-order valence-electron chi connectivity index (χ4n) is 6.21. The molecule has 1 saturated carbocycles. The third kappa shape index (κ3) is 3.71. The number of nitrogens with two attached hydrogens (primary N) is 1. The molecule has 1 fully saturated rings. The van der Waals surface area contributed by atoms with Gasteiger partial charge in [-0.2, -0.15) is 0 Å². The van der Waals surface area contributed by atoms with Crippen LogP contribution in [0, 0.1) is 11.3 Å². The fraction of sp³-hybridized carbons (Fsp3) is 0.538. The average molecular weight is 455 g/mol. The van der Waals surface area contributed by atoms with Crippen LogP contribution in [0.5, 0.6) is 0 Å². The molecule has 0 spiro atoms. The van der Waals surface area contributed by atoms with Crippen molar-refractivity contribution in [2.45, 2.75) is 71.1 Å². The Morgan fingerprint density at radius 3 is 2.66 bits per heavy atom. The number of aryl methyl sites for hydroxylation is 1. The van der Waals surface area contributed by atoms with Crippen molar-refractivity contribution >= 4 is 27.3 Å². The monoisotopic (exact) mass is 454 g/mol. The summed E-state index contributed by atoms with van der Waals surface area (Å²) >= 11 is 3.51. The predicted octanol–water partition coefficient (Wildman–Crippen LogP) is 7.28. The molecular weight excluding hydrogens is 420 g/mol. The maximum Gasteiger partial charge on any atom is 0.0574 e. The van der Waals surface area contributed by atoms with Crippen LogP contribution in [0.15, 0.2) is 40.9 Å². The van der Waals surface area contributed by atoms with E-state index in [-0.39, 0.29) is 10.8 Å². The molecule has 0 radical (unpaired) electrons. The summed E-state index contributed by atoms with van der Waals surface area (Å²) in [5.41, 5.74) is 13.4. The number of anilines is 2. The molecule has 0 aromatic heterocycles. The fourth-order valence-corrected chi connectivity index (χ4v) is 6.59. The number of rotatable bonds is 4. The summed E-state index contributed by atoms with van der Waals surface area (Å²) in [7, 11) is 0. The third-order valence-electron chi connectivity index (χ3n) is 7.86. The minimum atomic E-state index is 0.279. The zero-order valence-electron chi connectivity index (χ0n) is 18.3. The Balaban J connectivity index is 1.61. The highest BCUT2D eigenvalue weighted by molar-refractivity contribution is 9.10. The van der Waals surface area contributed by atoms with E-state index in [9.17, 15) is 0 Å². The lowest BCUT2D eigenvalue weighted by molar-refractivity contribution is 0.0359. The summed E-state index contributed by atoms with van der Waals surface area (Å²) in [4.78, 5) is 0. The Labute approximate surface area is 184 Å². The van der Waals surface area contributed by atoms with Crippen LogP contribution in [0.4, 0.5) is 11.4 Å². The summed E-state index contributed by atoms with van der Waals surface area (Å²) in [6.45, 7) is 10.6. The van der Waals surface area contributed by atoms with Gasteiger partial charge in [-0.05, 0) is 83.2 Å². The Morgan fingerprint density at radius 2 is 1.93 bits per heavy atom. The van der Waals surface area contributed by atoms with Gasteiger partial charge < -0.3 is 11.1 Å². The van der Waals surface area contributed by atoms with E-state index in [1.54, 1.807) is 11.1 Å². The molecule has 2 aromatic carbocycles. The lowest BCUT2D eigenvalue weighted by Crippen LogP contribution is -2.51. The van der Waals surface area contributed by atoms with E-state index in [1.807, 2.05) is 6.07 Å². The molecule has 0 heterocycles. The molecule has 2 aromatic rings. The Hall–Kier alpha value is -1.48. The largest absolute Gasteiger partial charge is 0.397 e. The van der Waals surface area contributed by atoms with Crippen LogP contribution >= 0.6 is 15.9 Å². The standard InChI is InChI=1S/C26H35BrN2/c1-17(2)18-6-9-21-19(14-18)7-11-24-25(3,12-5-13-26(21,24)4)16-29-23-10-8-20(27)15-22(23)28/h6,8-10,14-15,17,24,29H,5,7,11-13,16,28H2,1-4H3/t24-,25+,26+/m0/s1. The van der Waals surface area contributed by atoms with Crippen molar-refractivity contribution in [3.63, 3.8) is 0 Å². The molecule has 2 aliphatic rings. The van der Waals surface area contributed by atoms with Crippen molar-refractivity contribution in [3.8, 4) is 0 Å². The summed E-state index contributed by atoms with van der Waals surface area (Å²) in [5.74, 6) is 1.30. The minimum absolute atomic E-state index is 0.279.